The molecule has 0 amide bonds. The summed E-state index contributed by atoms with van der Waals surface area (Å²) in [5.74, 6) is 0.341. The maximum Gasteiger partial charge on any atom is 0.372 e. The van der Waals surface area contributed by atoms with Crippen LogP contribution in [-0.2, 0) is 0 Å². The molecule has 0 saturated heterocycles. The molecular formula is C10H12N4O2S. The first-order chi connectivity index (χ1) is 8.24. The summed E-state index contributed by atoms with van der Waals surface area (Å²) >= 11 is 1.38. The van der Waals surface area contributed by atoms with Crippen molar-refractivity contribution >= 4 is 27.9 Å². The first-order valence-corrected chi connectivity index (χ1v) is 6.07. The lowest BCUT2D eigenvalue weighted by Crippen LogP contribution is -2.03. The Bertz CT molecular complexity index is 558. The normalized spacial score (nSPS) is 11.4. The number of allylic oxidation sites excluding steroid dienone is 1. The predicted octanol–water partition coefficient (Wildman–Crippen LogP) is 2.68. The highest BCUT2D eigenvalue weighted by Crippen LogP contribution is 2.27. The van der Waals surface area contributed by atoms with Gasteiger partial charge < -0.3 is 15.4 Å². The first-order valence-electron chi connectivity index (χ1n) is 5.19. The summed E-state index contributed by atoms with van der Waals surface area (Å²) in [7, 11) is 0. The average molecular weight is 252 g/mol. The molecule has 0 aliphatic carbocycles. The van der Waals surface area contributed by atoms with Crippen LogP contribution in [0.1, 0.15) is 13.3 Å². The number of thiazole rings is 1. The lowest BCUT2D eigenvalue weighted by molar-refractivity contribution is -0.389. The van der Waals surface area contributed by atoms with E-state index in [9.17, 15) is 10.1 Å². The van der Waals surface area contributed by atoms with Crippen LogP contribution in [0.3, 0.4) is 0 Å². The van der Waals surface area contributed by atoms with Crippen LogP contribution in [0.2, 0.25) is 0 Å². The molecule has 1 N–H and O–H groups in total. The third-order valence-corrected chi connectivity index (χ3v) is 3.01. The van der Waals surface area contributed by atoms with Crippen LogP contribution in [0.25, 0.3) is 4.96 Å². The van der Waals surface area contributed by atoms with E-state index in [2.05, 4.69) is 10.3 Å². The SMILES string of the molecule is C/C=C/CCNc1nc2sccn2c1[N+](=O)[O-]. The van der Waals surface area contributed by atoms with Crippen LogP contribution in [0.4, 0.5) is 11.6 Å². The van der Waals surface area contributed by atoms with Gasteiger partial charge >= 0.3 is 5.82 Å². The molecule has 7 heteroatoms. The Hall–Kier alpha value is -1.89. The van der Waals surface area contributed by atoms with E-state index in [0.717, 1.165) is 6.42 Å². The summed E-state index contributed by atoms with van der Waals surface area (Å²) in [5, 5.41) is 15.7. The minimum atomic E-state index is -0.412. The molecule has 2 heterocycles. The van der Waals surface area contributed by atoms with Crippen molar-refractivity contribution in [2.75, 3.05) is 11.9 Å². The Labute approximate surface area is 102 Å². The molecule has 2 aromatic heterocycles. The van der Waals surface area contributed by atoms with Crippen LogP contribution >= 0.6 is 11.3 Å². The van der Waals surface area contributed by atoms with Gasteiger partial charge in [0.1, 0.15) is 6.20 Å². The first kappa shape index (κ1) is 11.6. The molecule has 0 fully saturated rings. The molecule has 17 heavy (non-hydrogen) atoms. The molecule has 90 valence electrons. The van der Waals surface area contributed by atoms with Crippen molar-refractivity contribution in [2.45, 2.75) is 13.3 Å². The van der Waals surface area contributed by atoms with Gasteiger partial charge in [0.05, 0.1) is 0 Å². The number of anilines is 1. The van der Waals surface area contributed by atoms with E-state index in [4.69, 9.17) is 0 Å². The van der Waals surface area contributed by atoms with Gasteiger partial charge in [-0.2, -0.15) is 9.38 Å². The van der Waals surface area contributed by atoms with E-state index in [0.29, 0.717) is 17.3 Å². The van der Waals surface area contributed by atoms with Gasteiger partial charge in [0.25, 0.3) is 4.96 Å². The zero-order valence-electron chi connectivity index (χ0n) is 9.29. The molecule has 0 aliphatic rings. The molecule has 0 bridgehead atoms. The summed E-state index contributed by atoms with van der Waals surface area (Å²) in [6, 6.07) is 0. The van der Waals surface area contributed by atoms with Crippen molar-refractivity contribution in [2.24, 2.45) is 0 Å². The number of nitrogens with zero attached hydrogens (tertiary/aromatic N) is 3. The van der Waals surface area contributed by atoms with Crippen molar-refractivity contribution < 1.29 is 4.92 Å². The van der Waals surface area contributed by atoms with Crippen molar-refractivity contribution in [3.63, 3.8) is 0 Å². The van der Waals surface area contributed by atoms with Crippen molar-refractivity contribution in [1.82, 2.24) is 9.38 Å². The Morgan fingerprint density at radius 2 is 2.53 bits per heavy atom. The van der Waals surface area contributed by atoms with E-state index in [1.54, 1.807) is 11.6 Å². The Morgan fingerprint density at radius 3 is 3.24 bits per heavy atom. The average Bonchev–Trinajstić information content (AvgIpc) is 2.83. The number of fused-ring (bicyclic) bond motifs is 1. The van der Waals surface area contributed by atoms with Gasteiger partial charge in [-0.3, -0.25) is 0 Å². The van der Waals surface area contributed by atoms with Crippen LogP contribution < -0.4 is 5.32 Å². The number of aromatic nitrogens is 2. The molecule has 6 nitrogen and oxygen atoms in total. The third kappa shape index (κ3) is 2.28. The summed E-state index contributed by atoms with van der Waals surface area (Å²) in [6.45, 7) is 2.57. The second kappa shape index (κ2) is 4.96. The van der Waals surface area contributed by atoms with Crippen LogP contribution in [0.15, 0.2) is 23.7 Å². The second-order valence-corrected chi connectivity index (χ2v) is 4.25. The van der Waals surface area contributed by atoms with Crippen LogP contribution in [-0.4, -0.2) is 20.9 Å². The van der Waals surface area contributed by atoms with Gasteiger partial charge in [-0.25, -0.2) is 0 Å². The minimum Gasteiger partial charge on any atom is -0.363 e. The molecule has 0 unspecified atom stereocenters. The summed E-state index contributed by atoms with van der Waals surface area (Å²) < 4.78 is 1.49. The molecule has 2 rings (SSSR count). The smallest absolute Gasteiger partial charge is 0.363 e. The fourth-order valence-corrected chi connectivity index (χ4v) is 2.22. The second-order valence-electron chi connectivity index (χ2n) is 3.38. The number of nitrogens with one attached hydrogen (secondary N) is 1. The highest BCUT2D eigenvalue weighted by molar-refractivity contribution is 7.15. The lowest BCUT2D eigenvalue weighted by atomic mass is 10.4. The zero-order chi connectivity index (χ0) is 12.3. The molecule has 0 atom stereocenters. The summed E-state index contributed by atoms with van der Waals surface area (Å²) in [5.41, 5.74) is 0. The van der Waals surface area contributed by atoms with Gasteiger partial charge in [0.2, 0.25) is 5.82 Å². The number of rotatable bonds is 5. The fourth-order valence-electron chi connectivity index (χ4n) is 1.51. The monoisotopic (exact) mass is 252 g/mol. The zero-order valence-corrected chi connectivity index (χ0v) is 10.1. The lowest BCUT2D eigenvalue weighted by Gasteiger charge is -2.00. The fraction of sp³-hybridized carbons (Fsp3) is 0.300. The summed E-state index contributed by atoms with van der Waals surface area (Å²) in [4.78, 5) is 15.4. The highest BCUT2D eigenvalue weighted by atomic mass is 32.1. The standard InChI is InChI=1S/C10H12N4O2S/c1-2-3-4-5-11-8-9(14(15)16)13-6-7-17-10(13)12-8/h2-3,6-7,11H,4-5H2,1H3/b3-2+. The van der Waals surface area contributed by atoms with Crippen molar-refractivity contribution in [3.8, 4) is 0 Å². The molecule has 0 spiro atoms. The number of nitro groups is 1. The van der Waals surface area contributed by atoms with Crippen molar-refractivity contribution in [3.05, 3.63) is 33.8 Å². The molecule has 0 radical (unpaired) electrons. The van der Waals surface area contributed by atoms with E-state index in [-0.39, 0.29) is 5.82 Å². The van der Waals surface area contributed by atoms with Gasteiger partial charge in [0, 0.05) is 11.9 Å². The van der Waals surface area contributed by atoms with E-state index in [1.807, 2.05) is 19.1 Å². The number of hydrogen-bond donors (Lipinski definition) is 1. The van der Waals surface area contributed by atoms with Gasteiger partial charge in [-0.05, 0) is 18.3 Å². The number of imidazole rings is 1. The topological polar surface area (TPSA) is 72.5 Å². The van der Waals surface area contributed by atoms with Crippen LogP contribution in [0.5, 0.6) is 0 Å². The van der Waals surface area contributed by atoms with Crippen LogP contribution in [0, 0.1) is 10.1 Å². The highest BCUT2D eigenvalue weighted by Gasteiger charge is 2.22. The predicted molar refractivity (Wildman–Crippen MR) is 67.6 cm³/mol. The van der Waals surface area contributed by atoms with Gasteiger partial charge in [-0.15, -0.1) is 0 Å². The molecule has 0 saturated carbocycles. The molecule has 2 aromatic rings. The summed E-state index contributed by atoms with van der Waals surface area (Å²) in [6.07, 6.45) is 6.42. The van der Waals surface area contributed by atoms with Gasteiger partial charge in [-0.1, -0.05) is 23.5 Å². The Kier molecular flexibility index (Phi) is 3.38. The maximum absolute atomic E-state index is 11.0. The largest absolute Gasteiger partial charge is 0.372 e. The number of hydrogen-bond acceptors (Lipinski definition) is 5. The molecular weight excluding hydrogens is 240 g/mol. The third-order valence-electron chi connectivity index (χ3n) is 2.25. The van der Waals surface area contributed by atoms with Crippen molar-refractivity contribution in [1.29, 1.82) is 0 Å². The van der Waals surface area contributed by atoms with E-state index in [1.165, 1.54) is 15.7 Å². The van der Waals surface area contributed by atoms with E-state index < -0.39 is 4.92 Å². The maximum atomic E-state index is 11.0. The molecule has 0 aliphatic heterocycles. The van der Waals surface area contributed by atoms with E-state index >= 15 is 0 Å². The Morgan fingerprint density at radius 1 is 1.71 bits per heavy atom. The van der Waals surface area contributed by atoms with Gasteiger partial charge in [0.15, 0.2) is 0 Å². The minimum absolute atomic E-state index is 0.00160. The Balaban J connectivity index is 2.23. The molecule has 0 aromatic carbocycles. The quantitative estimate of drug-likeness (QED) is 0.384.